The zero-order chi connectivity index (χ0) is 19.6. The number of aromatic nitrogens is 2. The van der Waals surface area contributed by atoms with Gasteiger partial charge < -0.3 is 4.74 Å². The number of ether oxygens (including phenoxy) is 1. The number of amides is 1. The van der Waals surface area contributed by atoms with Crippen LogP contribution in [0.25, 0.3) is 0 Å². The van der Waals surface area contributed by atoms with E-state index in [1.54, 1.807) is 23.2 Å². The first-order chi connectivity index (χ1) is 12.8. The fraction of sp³-hybridized carbons (Fsp3) is 0.450. The first-order valence-corrected chi connectivity index (χ1v) is 10.2. The lowest BCUT2D eigenvalue weighted by molar-refractivity contribution is -0.00794. The summed E-state index contributed by atoms with van der Waals surface area (Å²) in [5.74, 6) is 0. The van der Waals surface area contributed by atoms with Crippen molar-refractivity contribution >= 4 is 33.6 Å². The van der Waals surface area contributed by atoms with E-state index in [-0.39, 0.29) is 18.2 Å². The van der Waals surface area contributed by atoms with Gasteiger partial charge in [-0.05, 0) is 80.2 Å². The number of carbonyl (C=O) groups is 1. The molecule has 1 aliphatic heterocycles. The van der Waals surface area contributed by atoms with E-state index in [2.05, 4.69) is 25.9 Å². The zero-order valence-electron chi connectivity index (χ0n) is 15.7. The fourth-order valence-corrected chi connectivity index (χ4v) is 3.92. The van der Waals surface area contributed by atoms with Gasteiger partial charge in [-0.3, -0.25) is 9.88 Å². The second-order valence-electron chi connectivity index (χ2n) is 7.61. The van der Waals surface area contributed by atoms with Crippen LogP contribution in [0.5, 0.6) is 0 Å². The van der Waals surface area contributed by atoms with E-state index in [0.29, 0.717) is 15.3 Å². The van der Waals surface area contributed by atoms with Gasteiger partial charge in [0.05, 0.1) is 28.5 Å². The van der Waals surface area contributed by atoms with Crippen LogP contribution in [0.4, 0.5) is 4.79 Å². The molecule has 0 radical (unpaired) electrons. The largest absolute Gasteiger partial charge is 0.444 e. The number of rotatable bonds is 2. The monoisotopic (exact) mass is 451 g/mol. The summed E-state index contributed by atoms with van der Waals surface area (Å²) in [4.78, 5) is 24.0. The number of piperidine rings is 1. The van der Waals surface area contributed by atoms with Gasteiger partial charge in [-0.1, -0.05) is 17.7 Å². The summed E-state index contributed by atoms with van der Waals surface area (Å²) in [6.07, 6.45) is 3.90. The van der Waals surface area contributed by atoms with Gasteiger partial charge in [-0.15, -0.1) is 0 Å². The second kappa shape index (κ2) is 8.15. The minimum absolute atomic E-state index is 0.184. The fourth-order valence-electron chi connectivity index (χ4n) is 3.37. The average molecular weight is 453 g/mol. The Balaban J connectivity index is 2.04. The average Bonchev–Trinajstić information content (AvgIpc) is 2.62. The lowest BCUT2D eigenvalue weighted by atomic mass is 9.91. The summed E-state index contributed by atoms with van der Waals surface area (Å²) in [5, 5.41) is 0.540. The first kappa shape index (κ1) is 20.1. The molecule has 0 aliphatic carbocycles. The van der Waals surface area contributed by atoms with Crippen molar-refractivity contribution < 1.29 is 9.53 Å². The van der Waals surface area contributed by atoms with Crippen molar-refractivity contribution in [3.8, 4) is 0 Å². The third-order valence-electron chi connectivity index (χ3n) is 4.41. The molecule has 3 rings (SSSR count). The summed E-state index contributed by atoms with van der Waals surface area (Å²) >= 11 is 9.86. The predicted molar refractivity (Wildman–Crippen MR) is 109 cm³/mol. The summed E-state index contributed by atoms with van der Waals surface area (Å²) < 4.78 is 6.41. The Bertz CT molecular complexity index is 811. The van der Waals surface area contributed by atoms with Gasteiger partial charge in [0, 0.05) is 6.20 Å². The molecule has 2 atom stereocenters. The Morgan fingerprint density at radius 1 is 1.22 bits per heavy atom. The third-order valence-corrected chi connectivity index (χ3v) is 5.18. The topological polar surface area (TPSA) is 55.3 Å². The lowest BCUT2D eigenvalue weighted by Gasteiger charge is -2.42. The number of nitrogens with zero attached hydrogens (tertiary/aromatic N) is 3. The molecule has 7 heteroatoms. The van der Waals surface area contributed by atoms with E-state index in [1.165, 1.54) is 0 Å². The summed E-state index contributed by atoms with van der Waals surface area (Å²) in [7, 11) is 0. The molecule has 1 aliphatic rings. The molecule has 0 N–H and O–H groups in total. The van der Waals surface area contributed by atoms with Gasteiger partial charge in [0.15, 0.2) is 0 Å². The minimum atomic E-state index is -0.595. The lowest BCUT2D eigenvalue weighted by Crippen LogP contribution is -2.44. The van der Waals surface area contributed by atoms with Crippen LogP contribution in [0.3, 0.4) is 0 Å². The van der Waals surface area contributed by atoms with E-state index in [0.717, 1.165) is 25.0 Å². The molecular weight excluding hydrogens is 430 g/mol. The molecule has 1 fully saturated rings. The smallest absolute Gasteiger partial charge is 0.411 e. The highest BCUT2D eigenvalue weighted by molar-refractivity contribution is 9.10. The van der Waals surface area contributed by atoms with Crippen molar-refractivity contribution in [1.29, 1.82) is 0 Å². The Kier molecular flexibility index (Phi) is 6.06. The van der Waals surface area contributed by atoms with Gasteiger partial charge in [0.1, 0.15) is 10.2 Å². The van der Waals surface area contributed by atoms with Crippen LogP contribution >= 0.6 is 27.5 Å². The molecule has 0 unspecified atom stereocenters. The van der Waals surface area contributed by atoms with Crippen molar-refractivity contribution in [2.24, 2.45) is 0 Å². The molecule has 2 aromatic rings. The van der Waals surface area contributed by atoms with Crippen LogP contribution in [-0.4, -0.2) is 26.6 Å². The summed E-state index contributed by atoms with van der Waals surface area (Å²) in [5.41, 5.74) is 0.930. The Morgan fingerprint density at radius 2 is 1.96 bits per heavy atom. The molecule has 1 amide bonds. The summed E-state index contributed by atoms with van der Waals surface area (Å²) in [6, 6.07) is 8.88. The summed E-state index contributed by atoms with van der Waals surface area (Å²) in [6.45, 7) is 5.60. The predicted octanol–water partition coefficient (Wildman–Crippen LogP) is 6.10. The van der Waals surface area contributed by atoms with Crippen molar-refractivity contribution in [1.82, 2.24) is 14.9 Å². The molecular formula is C20H23BrClN3O2. The number of carbonyl (C=O) groups excluding carboxylic acids is 1. The molecule has 144 valence electrons. The number of hydrogen-bond acceptors (Lipinski definition) is 4. The second-order valence-corrected chi connectivity index (χ2v) is 8.83. The molecule has 2 aromatic heterocycles. The highest BCUT2D eigenvalue weighted by Gasteiger charge is 2.40. The van der Waals surface area contributed by atoms with Crippen LogP contribution in [-0.2, 0) is 4.74 Å². The Morgan fingerprint density at radius 3 is 2.63 bits per heavy atom. The van der Waals surface area contributed by atoms with Gasteiger partial charge in [0.2, 0.25) is 0 Å². The van der Waals surface area contributed by atoms with Crippen molar-refractivity contribution in [3.63, 3.8) is 0 Å². The molecule has 0 aromatic carbocycles. The van der Waals surface area contributed by atoms with E-state index in [9.17, 15) is 4.79 Å². The quantitative estimate of drug-likeness (QED) is 0.517. The maximum Gasteiger partial charge on any atom is 0.411 e. The van der Waals surface area contributed by atoms with Gasteiger partial charge in [0.25, 0.3) is 0 Å². The van der Waals surface area contributed by atoms with Crippen molar-refractivity contribution in [2.75, 3.05) is 0 Å². The van der Waals surface area contributed by atoms with E-state index in [1.807, 2.05) is 39.0 Å². The molecule has 27 heavy (non-hydrogen) atoms. The molecule has 5 nitrogen and oxygen atoms in total. The molecule has 0 bridgehead atoms. The number of hydrogen-bond donors (Lipinski definition) is 0. The number of likely N-dealkylation sites (tertiary alicyclic amines) is 1. The highest BCUT2D eigenvalue weighted by Crippen LogP contribution is 2.43. The van der Waals surface area contributed by atoms with Crippen LogP contribution in [0.1, 0.15) is 63.5 Å². The number of halogens is 2. The third kappa shape index (κ3) is 4.79. The molecule has 3 heterocycles. The van der Waals surface area contributed by atoms with Crippen molar-refractivity contribution in [2.45, 2.75) is 57.7 Å². The van der Waals surface area contributed by atoms with Gasteiger partial charge in [-0.2, -0.15) is 0 Å². The standard InChI is InChI=1S/C20H23BrClN3O2/c1-20(2,3)27-19(26)25-15(14-7-4-5-12-23-14)8-6-9-16(25)18-13(22)10-11-17(21)24-18/h4-5,7,10-12,15-16H,6,8-9H2,1-3H3/t15-,16+/m0/s1. The van der Waals surface area contributed by atoms with Gasteiger partial charge in [-0.25, -0.2) is 9.78 Å². The maximum absolute atomic E-state index is 13.2. The first-order valence-electron chi connectivity index (χ1n) is 9.00. The highest BCUT2D eigenvalue weighted by atomic mass is 79.9. The van der Waals surface area contributed by atoms with Crippen LogP contribution in [0.2, 0.25) is 5.02 Å². The normalized spacial score (nSPS) is 20.4. The Labute approximate surface area is 173 Å². The molecule has 0 spiro atoms. The van der Waals surface area contributed by atoms with Crippen LogP contribution < -0.4 is 0 Å². The minimum Gasteiger partial charge on any atom is -0.444 e. The van der Waals surface area contributed by atoms with Crippen LogP contribution in [0, 0.1) is 0 Å². The van der Waals surface area contributed by atoms with E-state index < -0.39 is 5.60 Å². The van der Waals surface area contributed by atoms with E-state index in [4.69, 9.17) is 16.3 Å². The Hall–Kier alpha value is -1.66. The zero-order valence-corrected chi connectivity index (χ0v) is 18.0. The van der Waals surface area contributed by atoms with Crippen molar-refractivity contribution in [3.05, 3.63) is 57.5 Å². The maximum atomic E-state index is 13.2. The number of pyridine rings is 2. The molecule has 0 saturated carbocycles. The van der Waals surface area contributed by atoms with E-state index >= 15 is 0 Å². The molecule has 1 saturated heterocycles. The SMILES string of the molecule is CC(C)(C)OC(=O)N1[C@@H](c2nc(Br)ccc2Cl)CCC[C@H]1c1ccccn1. The van der Waals surface area contributed by atoms with Gasteiger partial charge >= 0.3 is 6.09 Å². The van der Waals surface area contributed by atoms with Crippen LogP contribution in [0.15, 0.2) is 41.1 Å².